The van der Waals surface area contributed by atoms with Gasteiger partial charge in [-0.25, -0.2) is 4.39 Å². The third kappa shape index (κ3) is 6.57. The Hall–Kier alpha value is -1.10. The van der Waals surface area contributed by atoms with Crippen molar-refractivity contribution in [1.82, 2.24) is 5.32 Å². The summed E-state index contributed by atoms with van der Waals surface area (Å²) in [6, 6.07) is 5.12. The molecule has 0 spiro atoms. The number of aryl methyl sites for hydroxylation is 1. The number of guanidine groups is 1. The molecule has 0 unspecified atom stereocenters. The van der Waals surface area contributed by atoms with Crippen LogP contribution < -0.4 is 11.1 Å². The first-order chi connectivity index (χ1) is 8.78. The van der Waals surface area contributed by atoms with E-state index in [9.17, 15) is 4.39 Å². The lowest BCUT2D eigenvalue weighted by atomic mass is 10.1. The van der Waals surface area contributed by atoms with Crippen LogP contribution in [-0.4, -0.2) is 18.0 Å². The maximum atomic E-state index is 13.6. The molecule has 0 bridgehead atoms. The summed E-state index contributed by atoms with van der Waals surface area (Å²) in [5.41, 5.74) is 6.36. The van der Waals surface area contributed by atoms with E-state index in [1.807, 2.05) is 26.8 Å². The Balaban J connectivity index is 2.40. The molecular weight excluding hydrogens is 309 g/mol. The van der Waals surface area contributed by atoms with Gasteiger partial charge in [-0.05, 0) is 51.3 Å². The number of hydrogen-bond donors (Lipinski definition) is 2. The third-order valence-electron chi connectivity index (χ3n) is 2.40. The number of halogens is 2. The zero-order chi connectivity index (χ0) is 14.5. The summed E-state index contributed by atoms with van der Waals surface area (Å²) in [6.07, 6.45) is 1.43. The van der Waals surface area contributed by atoms with Gasteiger partial charge in [-0.1, -0.05) is 22.0 Å². The second-order valence-corrected chi connectivity index (χ2v) is 6.40. The summed E-state index contributed by atoms with van der Waals surface area (Å²) in [5, 5.41) is 3.08. The van der Waals surface area contributed by atoms with Gasteiger partial charge in [0.05, 0.1) is 0 Å². The molecule has 0 heterocycles. The number of nitrogens with one attached hydrogen (secondary N) is 1. The quantitative estimate of drug-likeness (QED) is 0.506. The van der Waals surface area contributed by atoms with Crippen molar-refractivity contribution in [3.8, 4) is 0 Å². The van der Waals surface area contributed by atoms with Crippen molar-refractivity contribution in [2.24, 2.45) is 10.7 Å². The molecule has 1 aromatic rings. The highest BCUT2D eigenvalue weighted by molar-refractivity contribution is 9.10. The lowest BCUT2D eigenvalue weighted by molar-refractivity contribution is 0.508. The van der Waals surface area contributed by atoms with Crippen LogP contribution in [0.15, 0.2) is 27.7 Å². The van der Waals surface area contributed by atoms with E-state index < -0.39 is 0 Å². The fourth-order valence-corrected chi connectivity index (χ4v) is 1.95. The van der Waals surface area contributed by atoms with Crippen molar-refractivity contribution >= 4 is 21.9 Å². The Morgan fingerprint density at radius 3 is 2.68 bits per heavy atom. The van der Waals surface area contributed by atoms with Gasteiger partial charge in [0.1, 0.15) is 5.82 Å². The van der Waals surface area contributed by atoms with Gasteiger partial charge in [0.2, 0.25) is 0 Å². The van der Waals surface area contributed by atoms with Crippen LogP contribution in [0.5, 0.6) is 0 Å². The van der Waals surface area contributed by atoms with Crippen LogP contribution in [0.3, 0.4) is 0 Å². The van der Waals surface area contributed by atoms with E-state index in [1.54, 1.807) is 6.07 Å². The van der Waals surface area contributed by atoms with Gasteiger partial charge in [0.25, 0.3) is 0 Å². The number of hydrogen-bond acceptors (Lipinski definition) is 1. The van der Waals surface area contributed by atoms with Crippen molar-refractivity contribution in [3.05, 3.63) is 34.1 Å². The van der Waals surface area contributed by atoms with E-state index >= 15 is 0 Å². The Bertz CT molecular complexity index is 452. The smallest absolute Gasteiger partial charge is 0.188 e. The van der Waals surface area contributed by atoms with Gasteiger partial charge in [0, 0.05) is 16.6 Å². The topological polar surface area (TPSA) is 50.4 Å². The summed E-state index contributed by atoms with van der Waals surface area (Å²) in [6.45, 7) is 6.65. The first-order valence-corrected chi connectivity index (χ1v) is 7.09. The van der Waals surface area contributed by atoms with Crippen LogP contribution in [0.4, 0.5) is 4.39 Å². The standard InChI is InChI=1S/C14H21BrFN3/c1-14(2,3)19-13(17)18-8-4-5-10-6-7-11(15)9-12(10)16/h6-7,9H,4-5,8H2,1-3H3,(H3,17,18,19). The van der Waals surface area contributed by atoms with E-state index in [4.69, 9.17) is 5.73 Å². The molecule has 0 fully saturated rings. The molecule has 0 saturated carbocycles. The van der Waals surface area contributed by atoms with Crippen LogP contribution in [0.2, 0.25) is 0 Å². The normalized spacial score (nSPS) is 12.6. The molecule has 3 N–H and O–H groups in total. The van der Waals surface area contributed by atoms with Crippen LogP contribution in [-0.2, 0) is 6.42 Å². The van der Waals surface area contributed by atoms with E-state index in [0.29, 0.717) is 24.5 Å². The summed E-state index contributed by atoms with van der Waals surface area (Å²) in [5.74, 6) is 0.253. The third-order valence-corrected chi connectivity index (χ3v) is 2.90. The average Bonchev–Trinajstić information content (AvgIpc) is 2.24. The molecule has 5 heteroatoms. The van der Waals surface area contributed by atoms with Crippen molar-refractivity contribution in [2.45, 2.75) is 39.2 Å². The monoisotopic (exact) mass is 329 g/mol. The summed E-state index contributed by atoms with van der Waals surface area (Å²) >= 11 is 3.24. The van der Waals surface area contributed by atoms with Crippen molar-refractivity contribution in [1.29, 1.82) is 0 Å². The molecule has 106 valence electrons. The van der Waals surface area contributed by atoms with Crippen LogP contribution >= 0.6 is 15.9 Å². The second-order valence-electron chi connectivity index (χ2n) is 5.48. The van der Waals surface area contributed by atoms with Gasteiger partial charge < -0.3 is 11.1 Å². The van der Waals surface area contributed by atoms with E-state index in [0.717, 1.165) is 10.9 Å². The SMILES string of the molecule is CC(C)(C)NC(N)=NCCCc1ccc(Br)cc1F. The van der Waals surface area contributed by atoms with Crippen LogP contribution in [0.25, 0.3) is 0 Å². The molecule has 19 heavy (non-hydrogen) atoms. The van der Waals surface area contributed by atoms with Crippen molar-refractivity contribution in [3.63, 3.8) is 0 Å². The minimum Gasteiger partial charge on any atom is -0.370 e. The minimum absolute atomic E-state index is 0.0919. The molecule has 0 aliphatic rings. The number of rotatable bonds is 4. The molecule has 0 aliphatic heterocycles. The zero-order valence-electron chi connectivity index (χ0n) is 11.6. The Morgan fingerprint density at radius 2 is 2.11 bits per heavy atom. The number of benzene rings is 1. The first-order valence-electron chi connectivity index (χ1n) is 6.30. The predicted octanol–water partition coefficient (Wildman–Crippen LogP) is 3.22. The number of aliphatic imine (C=N–C) groups is 1. The molecule has 0 amide bonds. The first kappa shape index (κ1) is 16.0. The van der Waals surface area contributed by atoms with Gasteiger partial charge >= 0.3 is 0 Å². The van der Waals surface area contributed by atoms with Crippen molar-refractivity contribution in [2.75, 3.05) is 6.54 Å². The highest BCUT2D eigenvalue weighted by Crippen LogP contribution is 2.16. The van der Waals surface area contributed by atoms with Crippen molar-refractivity contribution < 1.29 is 4.39 Å². The molecule has 0 atom stereocenters. The highest BCUT2D eigenvalue weighted by atomic mass is 79.9. The van der Waals surface area contributed by atoms with Gasteiger partial charge in [-0.15, -0.1) is 0 Å². The highest BCUT2D eigenvalue weighted by Gasteiger charge is 2.09. The van der Waals surface area contributed by atoms with Gasteiger partial charge in [-0.2, -0.15) is 0 Å². The molecule has 1 aromatic carbocycles. The van der Waals surface area contributed by atoms with E-state index in [-0.39, 0.29) is 11.4 Å². The molecule has 0 aliphatic carbocycles. The van der Waals surface area contributed by atoms with Gasteiger partial charge in [0.15, 0.2) is 5.96 Å². The largest absolute Gasteiger partial charge is 0.370 e. The second kappa shape index (κ2) is 6.89. The number of nitrogens with two attached hydrogens (primary N) is 1. The van der Waals surface area contributed by atoms with Crippen LogP contribution in [0.1, 0.15) is 32.8 Å². The summed E-state index contributed by atoms with van der Waals surface area (Å²) in [4.78, 5) is 4.22. The zero-order valence-corrected chi connectivity index (χ0v) is 13.2. The van der Waals surface area contributed by atoms with E-state index in [2.05, 4.69) is 26.2 Å². The van der Waals surface area contributed by atoms with Crippen LogP contribution in [0, 0.1) is 5.82 Å². The average molecular weight is 330 g/mol. The molecule has 0 radical (unpaired) electrons. The molecule has 0 aromatic heterocycles. The Labute approximate surface area is 122 Å². The van der Waals surface area contributed by atoms with Gasteiger partial charge in [-0.3, -0.25) is 4.99 Å². The molecule has 3 nitrogen and oxygen atoms in total. The predicted molar refractivity (Wildman–Crippen MR) is 81.8 cm³/mol. The Morgan fingerprint density at radius 1 is 1.42 bits per heavy atom. The fourth-order valence-electron chi connectivity index (χ4n) is 1.62. The Kier molecular flexibility index (Phi) is 5.79. The lowest BCUT2D eigenvalue weighted by Crippen LogP contribution is -2.45. The minimum atomic E-state index is -0.181. The maximum absolute atomic E-state index is 13.6. The van der Waals surface area contributed by atoms with E-state index in [1.165, 1.54) is 6.07 Å². The molecule has 1 rings (SSSR count). The fraction of sp³-hybridized carbons (Fsp3) is 0.500. The summed E-state index contributed by atoms with van der Waals surface area (Å²) < 4.78 is 14.3. The molecular formula is C14H21BrFN3. The lowest BCUT2D eigenvalue weighted by Gasteiger charge is -2.20. The maximum Gasteiger partial charge on any atom is 0.188 e. The summed E-state index contributed by atoms with van der Waals surface area (Å²) in [7, 11) is 0. The molecule has 0 saturated heterocycles. The number of nitrogens with zero attached hydrogens (tertiary/aromatic N) is 1.